The highest BCUT2D eigenvalue weighted by atomic mass is 16.5. The SMILES string of the molecule is COc1ccc(NC(=O)C(C)(C)N(Cc2cccnc2)C(=O)Cn2nnc3ccccc32)c(OC)c1. The molecule has 1 N–H and O–H groups in total. The van der Waals surface area contributed by atoms with E-state index >= 15 is 0 Å². The topological polar surface area (TPSA) is 111 Å². The maximum Gasteiger partial charge on any atom is 0.249 e. The van der Waals surface area contributed by atoms with Gasteiger partial charge in [-0.2, -0.15) is 0 Å². The third kappa shape index (κ3) is 5.12. The molecule has 186 valence electrons. The lowest BCUT2D eigenvalue weighted by molar-refractivity contribution is -0.145. The van der Waals surface area contributed by atoms with Gasteiger partial charge < -0.3 is 19.7 Å². The highest BCUT2D eigenvalue weighted by Crippen LogP contribution is 2.30. The van der Waals surface area contributed by atoms with Gasteiger partial charge in [0.1, 0.15) is 29.1 Å². The van der Waals surface area contributed by atoms with Crippen molar-refractivity contribution >= 4 is 28.5 Å². The van der Waals surface area contributed by atoms with E-state index in [9.17, 15) is 9.59 Å². The molecule has 0 spiro atoms. The van der Waals surface area contributed by atoms with Gasteiger partial charge in [0.05, 0.1) is 25.4 Å². The maximum atomic E-state index is 13.7. The summed E-state index contributed by atoms with van der Waals surface area (Å²) in [7, 11) is 3.06. The van der Waals surface area contributed by atoms with E-state index in [0.717, 1.165) is 11.1 Å². The first-order valence-electron chi connectivity index (χ1n) is 11.3. The summed E-state index contributed by atoms with van der Waals surface area (Å²) in [5.74, 6) is 0.360. The zero-order valence-electron chi connectivity index (χ0n) is 20.6. The first-order valence-corrected chi connectivity index (χ1v) is 11.3. The first-order chi connectivity index (χ1) is 17.3. The number of rotatable bonds is 9. The van der Waals surface area contributed by atoms with Crippen LogP contribution in [-0.4, -0.2) is 56.5 Å². The van der Waals surface area contributed by atoms with Crippen LogP contribution in [0.15, 0.2) is 67.0 Å². The molecule has 10 nitrogen and oxygen atoms in total. The number of methoxy groups -OCH3 is 2. The molecule has 2 heterocycles. The quantitative estimate of drug-likeness (QED) is 0.385. The van der Waals surface area contributed by atoms with Crippen molar-refractivity contribution in [3.63, 3.8) is 0 Å². The van der Waals surface area contributed by atoms with E-state index in [1.807, 2.05) is 30.3 Å². The summed E-state index contributed by atoms with van der Waals surface area (Å²) < 4.78 is 12.2. The molecule has 0 bridgehead atoms. The number of nitrogens with one attached hydrogen (secondary N) is 1. The molecule has 2 amide bonds. The minimum atomic E-state index is -1.24. The number of fused-ring (bicyclic) bond motifs is 1. The summed E-state index contributed by atoms with van der Waals surface area (Å²) in [6.45, 7) is 3.50. The maximum absolute atomic E-state index is 13.7. The molecule has 10 heteroatoms. The third-order valence-electron chi connectivity index (χ3n) is 5.96. The number of carbonyl (C=O) groups excluding carboxylic acids is 2. The van der Waals surface area contributed by atoms with Gasteiger partial charge in [-0.15, -0.1) is 5.10 Å². The van der Waals surface area contributed by atoms with Gasteiger partial charge in [-0.25, -0.2) is 4.68 Å². The number of ether oxygens (including phenoxy) is 2. The van der Waals surface area contributed by atoms with Crippen LogP contribution >= 0.6 is 0 Å². The van der Waals surface area contributed by atoms with Crippen molar-refractivity contribution in [2.75, 3.05) is 19.5 Å². The van der Waals surface area contributed by atoms with Crippen molar-refractivity contribution in [2.24, 2.45) is 0 Å². The fraction of sp³-hybridized carbons (Fsp3) is 0.269. The van der Waals surface area contributed by atoms with Crippen LogP contribution in [0.1, 0.15) is 19.4 Å². The predicted molar refractivity (Wildman–Crippen MR) is 135 cm³/mol. The summed E-state index contributed by atoms with van der Waals surface area (Å²) in [5.41, 5.74) is 1.43. The second kappa shape index (κ2) is 10.4. The number of hydrogen-bond donors (Lipinski definition) is 1. The molecule has 2 aromatic carbocycles. The largest absolute Gasteiger partial charge is 0.497 e. The number of benzene rings is 2. The van der Waals surface area contributed by atoms with Crippen molar-refractivity contribution in [2.45, 2.75) is 32.5 Å². The van der Waals surface area contributed by atoms with Gasteiger partial charge in [0.25, 0.3) is 0 Å². The van der Waals surface area contributed by atoms with E-state index in [0.29, 0.717) is 22.7 Å². The van der Waals surface area contributed by atoms with Crippen molar-refractivity contribution in [1.29, 1.82) is 0 Å². The molecule has 2 aromatic heterocycles. The van der Waals surface area contributed by atoms with Crippen LogP contribution in [0, 0.1) is 0 Å². The van der Waals surface area contributed by atoms with E-state index in [-0.39, 0.29) is 24.9 Å². The Bertz CT molecular complexity index is 1370. The Kier molecular flexibility index (Phi) is 7.14. The molecule has 0 unspecified atom stereocenters. The van der Waals surface area contributed by atoms with Crippen LogP contribution in [0.25, 0.3) is 11.0 Å². The Morgan fingerprint density at radius 3 is 2.58 bits per heavy atom. The molecule has 0 saturated heterocycles. The van der Waals surface area contributed by atoms with E-state index in [2.05, 4.69) is 20.6 Å². The molecule has 0 saturated carbocycles. The van der Waals surface area contributed by atoms with Crippen molar-refractivity contribution < 1.29 is 19.1 Å². The molecule has 0 aliphatic carbocycles. The summed E-state index contributed by atoms with van der Waals surface area (Å²) in [5, 5.41) is 11.2. The number of anilines is 1. The van der Waals surface area contributed by atoms with Gasteiger partial charge in [-0.1, -0.05) is 23.4 Å². The molecular weight excluding hydrogens is 460 g/mol. The van der Waals surface area contributed by atoms with Crippen molar-refractivity contribution in [1.82, 2.24) is 24.9 Å². The third-order valence-corrected chi connectivity index (χ3v) is 5.96. The van der Waals surface area contributed by atoms with Gasteiger partial charge in [-0.05, 0) is 49.7 Å². The summed E-state index contributed by atoms with van der Waals surface area (Å²) in [6, 6.07) is 16.1. The second-order valence-corrected chi connectivity index (χ2v) is 8.66. The van der Waals surface area contributed by atoms with Gasteiger partial charge in [0.15, 0.2) is 0 Å². The average molecular weight is 489 g/mol. The summed E-state index contributed by atoms with van der Waals surface area (Å²) >= 11 is 0. The van der Waals surface area contributed by atoms with Crippen LogP contribution in [0.2, 0.25) is 0 Å². The average Bonchev–Trinajstić information content (AvgIpc) is 3.30. The number of carbonyl (C=O) groups is 2. The fourth-order valence-corrected chi connectivity index (χ4v) is 3.82. The first kappa shape index (κ1) is 24.6. The molecule has 0 fully saturated rings. The molecule has 36 heavy (non-hydrogen) atoms. The van der Waals surface area contributed by atoms with Crippen LogP contribution in [0.3, 0.4) is 0 Å². The molecule has 0 radical (unpaired) electrons. The van der Waals surface area contributed by atoms with Gasteiger partial charge in [0.2, 0.25) is 11.8 Å². The second-order valence-electron chi connectivity index (χ2n) is 8.66. The molecule has 4 aromatic rings. The summed E-state index contributed by atoms with van der Waals surface area (Å²) in [4.78, 5) is 32.9. The van der Waals surface area contributed by atoms with Crippen LogP contribution < -0.4 is 14.8 Å². The zero-order chi connectivity index (χ0) is 25.7. The number of nitrogens with zero attached hydrogens (tertiary/aromatic N) is 5. The van der Waals surface area contributed by atoms with Crippen molar-refractivity contribution in [3.05, 3.63) is 72.6 Å². The molecule has 0 aliphatic rings. The number of hydrogen-bond acceptors (Lipinski definition) is 7. The van der Waals surface area contributed by atoms with Crippen LogP contribution in [0.4, 0.5) is 5.69 Å². The lowest BCUT2D eigenvalue weighted by atomic mass is 9.99. The smallest absolute Gasteiger partial charge is 0.249 e. The van der Waals surface area contributed by atoms with Gasteiger partial charge >= 0.3 is 0 Å². The Balaban J connectivity index is 1.63. The zero-order valence-corrected chi connectivity index (χ0v) is 20.6. The van der Waals surface area contributed by atoms with Crippen molar-refractivity contribution in [3.8, 4) is 11.5 Å². The van der Waals surface area contributed by atoms with E-state index in [1.165, 1.54) is 16.7 Å². The van der Waals surface area contributed by atoms with E-state index in [4.69, 9.17) is 9.47 Å². The number of amides is 2. The normalized spacial score (nSPS) is 11.2. The minimum absolute atomic E-state index is 0.0800. The Labute approximate surface area is 208 Å². The predicted octanol–water partition coefficient (Wildman–Crippen LogP) is 3.29. The molecule has 4 rings (SSSR count). The Morgan fingerprint density at radius 2 is 1.86 bits per heavy atom. The monoisotopic (exact) mass is 488 g/mol. The number of pyridine rings is 1. The van der Waals surface area contributed by atoms with Crippen LogP contribution in [-0.2, 0) is 22.7 Å². The Morgan fingerprint density at radius 1 is 1.06 bits per heavy atom. The lowest BCUT2D eigenvalue weighted by Gasteiger charge is -2.37. The van der Waals surface area contributed by atoms with E-state index < -0.39 is 5.54 Å². The standard InChI is InChI=1S/C26H28N6O4/c1-26(2,25(34)28-21-12-11-19(35-3)14-23(21)36-4)31(16-18-8-7-13-27-15-18)24(33)17-32-22-10-6-5-9-20(22)29-30-32/h5-15H,16-17H2,1-4H3,(H,28,34). The highest BCUT2D eigenvalue weighted by molar-refractivity contribution is 6.01. The number of para-hydroxylation sites is 1. The molecule has 0 atom stereocenters. The number of aromatic nitrogens is 4. The highest BCUT2D eigenvalue weighted by Gasteiger charge is 2.38. The molecule has 0 aliphatic heterocycles. The fourth-order valence-electron chi connectivity index (χ4n) is 3.82. The van der Waals surface area contributed by atoms with Crippen LogP contribution in [0.5, 0.6) is 11.5 Å². The van der Waals surface area contributed by atoms with Gasteiger partial charge in [0, 0.05) is 25.0 Å². The summed E-state index contributed by atoms with van der Waals surface area (Å²) in [6.07, 6.45) is 3.33. The lowest BCUT2D eigenvalue weighted by Crippen LogP contribution is -2.55. The Hall–Kier alpha value is -4.47. The minimum Gasteiger partial charge on any atom is -0.497 e. The molecular formula is C26H28N6O4. The van der Waals surface area contributed by atoms with E-state index in [1.54, 1.807) is 57.6 Å². The van der Waals surface area contributed by atoms with Gasteiger partial charge in [-0.3, -0.25) is 14.6 Å².